The Labute approximate surface area is 531 Å². The average molecular weight is 1280 g/mol. The number of benzene rings is 4. The number of aromatic nitrogens is 4. The normalized spacial score (nSPS) is 23.2. The van der Waals surface area contributed by atoms with Crippen LogP contribution < -0.4 is 42.5 Å². The summed E-state index contributed by atoms with van der Waals surface area (Å²) in [6, 6.07) is 18.7. The van der Waals surface area contributed by atoms with E-state index in [1.54, 1.807) is 48.8 Å². The number of nitrogens with zero attached hydrogens (tertiary/aromatic N) is 2. The molecule has 91 heavy (non-hydrogen) atoms. The minimum atomic E-state index is -1.53. The van der Waals surface area contributed by atoms with E-state index in [0.717, 1.165) is 11.1 Å². The van der Waals surface area contributed by atoms with Crippen LogP contribution in [0.3, 0.4) is 0 Å². The third-order valence-electron chi connectivity index (χ3n) is 16.6. The Balaban J connectivity index is 0.922. The molecular formula is C65H73F2N13O9S2. The molecule has 0 unspecified atom stereocenters. The summed E-state index contributed by atoms with van der Waals surface area (Å²) in [6.45, 7) is 0.926. The molecule has 22 nitrogen and oxygen atoms in total. The zero-order valence-electron chi connectivity index (χ0n) is 50.1. The molecule has 0 radical (unpaired) electrons. The van der Waals surface area contributed by atoms with E-state index in [1.807, 2.05) is 36.4 Å². The number of H-pyrrole nitrogens is 3. The maximum atomic E-state index is 14.9. The predicted molar refractivity (Wildman–Crippen MR) is 341 cm³/mol. The van der Waals surface area contributed by atoms with Gasteiger partial charge in [-0.2, -0.15) is 23.5 Å². The monoisotopic (exact) mass is 1280 g/mol. The Morgan fingerprint density at radius 1 is 0.582 bits per heavy atom. The predicted octanol–water partition coefficient (Wildman–Crippen LogP) is 4.06. The molecule has 26 heteroatoms. The summed E-state index contributed by atoms with van der Waals surface area (Å²) < 4.78 is 29.5. The first-order valence-electron chi connectivity index (χ1n) is 30.4. The summed E-state index contributed by atoms with van der Waals surface area (Å²) in [5.41, 5.74) is 3.88. The quantitative estimate of drug-likeness (QED) is 0.0976. The van der Waals surface area contributed by atoms with Crippen molar-refractivity contribution < 1.29 is 51.9 Å². The maximum Gasteiger partial charge on any atom is 0.246 e. The van der Waals surface area contributed by atoms with Crippen molar-refractivity contribution in [3.05, 3.63) is 161 Å². The Morgan fingerprint density at radius 3 is 1.79 bits per heavy atom. The van der Waals surface area contributed by atoms with Gasteiger partial charge in [0.05, 0.1) is 19.4 Å². The second-order valence-electron chi connectivity index (χ2n) is 23.4. The number of nitrogens with one attached hydrogen (secondary N) is 11. The summed E-state index contributed by atoms with van der Waals surface area (Å²) in [5.74, 6) is -4.94. The summed E-state index contributed by atoms with van der Waals surface area (Å²) in [6.07, 6.45) is 7.70. The lowest BCUT2D eigenvalue weighted by atomic mass is 9.95. The van der Waals surface area contributed by atoms with Gasteiger partial charge in [0, 0.05) is 114 Å². The molecule has 0 spiro atoms. The Kier molecular flexibility index (Phi) is 21.5. The van der Waals surface area contributed by atoms with Gasteiger partial charge in [-0.1, -0.05) is 54.6 Å². The topological polar surface area (TPSA) is 313 Å². The van der Waals surface area contributed by atoms with Crippen molar-refractivity contribution in [2.75, 3.05) is 37.7 Å². The molecule has 3 aliphatic rings. The van der Waals surface area contributed by atoms with Gasteiger partial charge in [0.25, 0.3) is 0 Å². The molecule has 2 bridgehead atoms. The van der Waals surface area contributed by atoms with E-state index in [4.69, 9.17) is 0 Å². The molecule has 478 valence electrons. The molecule has 9 amide bonds. The molecule has 1 saturated carbocycles. The van der Waals surface area contributed by atoms with Crippen LogP contribution in [0, 0.1) is 17.6 Å². The molecule has 5 heterocycles. The summed E-state index contributed by atoms with van der Waals surface area (Å²) >= 11 is 3.20. The number of amides is 9. The van der Waals surface area contributed by atoms with Gasteiger partial charge in [-0.3, -0.25) is 43.2 Å². The van der Waals surface area contributed by atoms with Gasteiger partial charge in [0.1, 0.15) is 47.4 Å². The molecule has 6 atom stereocenters. The van der Waals surface area contributed by atoms with Gasteiger partial charge in [0.15, 0.2) is 0 Å². The zero-order valence-corrected chi connectivity index (χ0v) is 51.7. The highest BCUT2D eigenvalue weighted by molar-refractivity contribution is 7.98. The number of aromatic amines is 3. The van der Waals surface area contributed by atoms with Crippen LogP contribution in [0.1, 0.15) is 72.5 Å². The van der Waals surface area contributed by atoms with Crippen molar-refractivity contribution in [2.24, 2.45) is 5.92 Å². The van der Waals surface area contributed by atoms with Crippen molar-refractivity contribution in [1.82, 2.24) is 67.4 Å². The molecule has 1 aliphatic carbocycles. The largest absolute Gasteiger partial charge is 0.361 e. The molecule has 4 aromatic carbocycles. The third-order valence-corrected chi connectivity index (χ3v) is 18.6. The van der Waals surface area contributed by atoms with Crippen LogP contribution in [-0.4, -0.2) is 151 Å². The average Bonchev–Trinajstić information content (AvgIpc) is 2.27. The smallest absolute Gasteiger partial charge is 0.246 e. The highest BCUT2D eigenvalue weighted by Crippen LogP contribution is 2.34. The van der Waals surface area contributed by atoms with Crippen LogP contribution in [0.4, 0.5) is 8.78 Å². The van der Waals surface area contributed by atoms with E-state index in [2.05, 4.69) is 68.5 Å². The minimum absolute atomic E-state index is 0.0342. The molecule has 3 aromatic heterocycles. The number of carbonyl (C=O) groups is 9. The van der Waals surface area contributed by atoms with Crippen molar-refractivity contribution in [3.63, 3.8) is 0 Å². The van der Waals surface area contributed by atoms with Gasteiger partial charge in [-0.05, 0) is 103 Å². The first-order valence-corrected chi connectivity index (χ1v) is 32.7. The molecule has 2 fully saturated rings. The molecule has 10 rings (SSSR count). The van der Waals surface area contributed by atoms with Crippen molar-refractivity contribution in [1.29, 1.82) is 0 Å². The number of rotatable bonds is 9. The minimum Gasteiger partial charge on any atom is -0.361 e. The fourth-order valence-corrected chi connectivity index (χ4v) is 13.3. The van der Waals surface area contributed by atoms with Crippen molar-refractivity contribution in [2.45, 2.75) is 112 Å². The number of imidazole rings is 1. The van der Waals surface area contributed by atoms with Crippen molar-refractivity contribution >= 4 is 98.5 Å². The summed E-state index contributed by atoms with van der Waals surface area (Å²) in [4.78, 5) is 143. The van der Waals surface area contributed by atoms with E-state index >= 15 is 0 Å². The van der Waals surface area contributed by atoms with Crippen LogP contribution >= 0.6 is 23.5 Å². The number of fused-ring (bicyclic) bond motifs is 5. The number of hydrogen-bond acceptors (Lipinski definition) is 12. The van der Waals surface area contributed by atoms with Crippen LogP contribution in [0.25, 0.3) is 21.8 Å². The second-order valence-corrected chi connectivity index (χ2v) is 25.6. The lowest BCUT2D eigenvalue weighted by Gasteiger charge is -2.36. The first-order chi connectivity index (χ1) is 44.0. The number of carbonyl (C=O) groups excluding carboxylic acids is 9. The molecular weight excluding hydrogens is 1210 g/mol. The van der Waals surface area contributed by atoms with Gasteiger partial charge in [-0.25, -0.2) is 13.8 Å². The van der Waals surface area contributed by atoms with E-state index in [9.17, 15) is 51.9 Å². The molecule has 2 aliphatic heterocycles. The highest BCUT2D eigenvalue weighted by atomic mass is 32.2. The lowest BCUT2D eigenvalue weighted by molar-refractivity contribution is -0.146. The third kappa shape index (κ3) is 17.3. The fraction of sp³-hybridized carbons (Fsp3) is 0.385. The number of halogens is 2. The SMILES string of the molecule is C[C@@]12CCCN1C(=O)[C@H](Cc1ccccc1)NC(=O)[C@H](Cc1cnc[nH]1)NC(=O)CNC(=O)[C@H](Cc1c[nH]c3ccc(F)cc13)NC(=O)[C@H](Cc1c[nH]c3ccc(F)cc13)NC(=O)CNC(=O)[C@H](C1CC1)NC(=O)CCSCc1cccc(c1)CSCCNC2=O. The van der Waals surface area contributed by atoms with Crippen LogP contribution in [0.15, 0.2) is 116 Å². The Bertz CT molecular complexity index is 3790. The van der Waals surface area contributed by atoms with Crippen LogP contribution in [0.2, 0.25) is 0 Å². The standard InChI is InChI=1S/C65H73F2N13O9S2/c1-65-18-6-20-80(65)63(88)54(24-38-7-3-2-4-8-38)78-61(86)53(29-46-32-68-37-74-46)76-56(82)33-72-59(84)51(25-42-30-70-49-15-13-44(66)27-47(42)49)77-60(85)52(26-43-31-71-50-16-14-45(67)28-48(43)50)75-57(83)34-73-62(87)58(41-11-12-41)79-55(81)17-21-90-35-39-9-5-10-40(23-39)36-91-22-19-69-64(65)89/h2-5,7-10,13-16,23,27-28,30-32,37,41,51-54,58,70-71H,6,11-12,17-22,24-26,29,33-36H2,1H3,(H,68,74)(H,69,89)(H,72,84)(H,73,87)(H,75,83)(H,76,82)(H,77,85)(H,78,86)(H,79,81)/t51-,52-,53-,54-,58-,65-/m0/s1. The van der Waals surface area contributed by atoms with Crippen LogP contribution in [0.5, 0.6) is 0 Å². The van der Waals surface area contributed by atoms with Gasteiger partial charge in [-0.15, -0.1) is 0 Å². The highest BCUT2D eigenvalue weighted by Gasteiger charge is 2.48. The second kappa shape index (κ2) is 30.2. The van der Waals surface area contributed by atoms with E-state index in [1.165, 1.54) is 60.0 Å². The summed E-state index contributed by atoms with van der Waals surface area (Å²) in [5, 5.41) is 22.9. The lowest BCUT2D eigenvalue weighted by Crippen LogP contribution is -2.61. The Hall–Kier alpha value is -9.04. The fourth-order valence-electron chi connectivity index (χ4n) is 11.6. The number of thioether (sulfide) groups is 2. The van der Waals surface area contributed by atoms with E-state index in [-0.39, 0.29) is 56.4 Å². The number of hydrogen-bond donors (Lipinski definition) is 11. The van der Waals surface area contributed by atoms with Crippen LogP contribution in [-0.2, 0) is 80.3 Å². The van der Waals surface area contributed by atoms with E-state index < -0.39 is 102 Å². The molecule has 1 saturated heterocycles. The Morgan fingerprint density at radius 2 is 1.18 bits per heavy atom. The zero-order chi connectivity index (χ0) is 64.0. The molecule has 11 N–H and O–H groups in total. The molecule has 7 aromatic rings. The van der Waals surface area contributed by atoms with Crippen molar-refractivity contribution in [3.8, 4) is 0 Å². The summed E-state index contributed by atoms with van der Waals surface area (Å²) in [7, 11) is 0. The van der Waals surface area contributed by atoms with E-state index in [0.29, 0.717) is 99.4 Å². The first kappa shape index (κ1) is 64.9. The maximum absolute atomic E-state index is 14.9. The van der Waals surface area contributed by atoms with Gasteiger partial charge < -0.3 is 62.4 Å². The van der Waals surface area contributed by atoms with Gasteiger partial charge >= 0.3 is 0 Å². The van der Waals surface area contributed by atoms with Gasteiger partial charge in [0.2, 0.25) is 53.2 Å².